The number of hydrogen-bond donors (Lipinski definition) is 0. The first kappa shape index (κ1) is 5.96. The van der Waals surface area contributed by atoms with Crippen molar-refractivity contribution in [1.29, 1.82) is 0 Å². The summed E-state index contributed by atoms with van der Waals surface area (Å²) in [5.41, 5.74) is 0. The van der Waals surface area contributed by atoms with Crippen LogP contribution in [0.25, 0.3) is 0 Å². The van der Waals surface area contributed by atoms with Crippen molar-refractivity contribution in [3.8, 4) is 0 Å². The lowest BCUT2D eigenvalue weighted by Gasteiger charge is -1.73. The fourth-order valence-electron chi connectivity index (χ4n) is 0.162. The molecule has 0 radical (unpaired) electrons. The number of halogens is 1. The third kappa shape index (κ3) is 3.96. The van der Waals surface area contributed by atoms with Crippen LogP contribution in [0.1, 0.15) is 6.92 Å². The van der Waals surface area contributed by atoms with Crippen molar-refractivity contribution in [1.82, 2.24) is 0 Å². The first-order valence-corrected chi connectivity index (χ1v) is 2.51. The van der Waals surface area contributed by atoms with Crippen molar-refractivity contribution in [3.63, 3.8) is 0 Å². The fraction of sp³-hybridized carbons (Fsp3) is 0.200. The van der Waals surface area contributed by atoms with Gasteiger partial charge in [0.2, 0.25) is 0 Å². The molecule has 0 aliphatic carbocycles. The molecule has 0 aliphatic heterocycles. The molecular formula is C5H7Br. The van der Waals surface area contributed by atoms with Crippen molar-refractivity contribution in [2.45, 2.75) is 6.92 Å². The largest absolute Gasteiger partial charge is 0.0990 e. The molecule has 0 fully saturated rings. The standard InChI is InChI=1S/C5H7Br/c1-3-4-5(2)6/h3-4H,1H2,2H3/b5-4-. The summed E-state index contributed by atoms with van der Waals surface area (Å²) in [6.45, 7) is 5.45. The normalized spacial score (nSPS) is 11.3. The van der Waals surface area contributed by atoms with Crippen LogP contribution >= 0.6 is 15.9 Å². The molecule has 0 aromatic carbocycles. The molecule has 0 atom stereocenters. The van der Waals surface area contributed by atoms with E-state index < -0.39 is 0 Å². The molecular weight excluding hydrogens is 140 g/mol. The summed E-state index contributed by atoms with van der Waals surface area (Å²) in [5.74, 6) is 0. The summed E-state index contributed by atoms with van der Waals surface area (Å²) < 4.78 is 1.11. The maximum Gasteiger partial charge on any atom is -0.00806 e. The second kappa shape index (κ2) is 3.16. The molecule has 0 saturated carbocycles. The van der Waals surface area contributed by atoms with E-state index in [0.717, 1.165) is 4.48 Å². The molecule has 6 heavy (non-hydrogen) atoms. The smallest absolute Gasteiger partial charge is 0.00806 e. The Kier molecular flexibility index (Phi) is 3.14. The van der Waals surface area contributed by atoms with Crippen LogP contribution < -0.4 is 0 Å². The van der Waals surface area contributed by atoms with Gasteiger partial charge in [0.1, 0.15) is 0 Å². The van der Waals surface area contributed by atoms with Gasteiger partial charge in [-0.25, -0.2) is 0 Å². The van der Waals surface area contributed by atoms with Gasteiger partial charge >= 0.3 is 0 Å². The van der Waals surface area contributed by atoms with Crippen LogP contribution in [-0.4, -0.2) is 0 Å². The summed E-state index contributed by atoms with van der Waals surface area (Å²) in [4.78, 5) is 0. The summed E-state index contributed by atoms with van der Waals surface area (Å²) >= 11 is 3.22. The molecule has 0 aliphatic rings. The average Bonchev–Trinajstić information content (AvgIpc) is 1.35. The third-order valence-corrected chi connectivity index (χ3v) is 0.612. The molecule has 0 heterocycles. The Morgan fingerprint density at radius 3 is 2.33 bits per heavy atom. The predicted molar refractivity (Wildman–Crippen MR) is 32.9 cm³/mol. The van der Waals surface area contributed by atoms with Crippen LogP contribution in [0.2, 0.25) is 0 Å². The molecule has 34 valence electrons. The highest BCUT2D eigenvalue weighted by Crippen LogP contribution is 1.99. The highest BCUT2D eigenvalue weighted by molar-refractivity contribution is 9.11. The van der Waals surface area contributed by atoms with Crippen LogP contribution in [0.3, 0.4) is 0 Å². The van der Waals surface area contributed by atoms with E-state index in [2.05, 4.69) is 22.5 Å². The van der Waals surface area contributed by atoms with Gasteiger partial charge in [0.05, 0.1) is 0 Å². The molecule has 0 rings (SSSR count). The molecule has 0 aromatic rings. The zero-order valence-electron chi connectivity index (χ0n) is 3.74. The monoisotopic (exact) mass is 146 g/mol. The Hall–Kier alpha value is -0.0400. The van der Waals surface area contributed by atoms with E-state index in [0.29, 0.717) is 0 Å². The molecule has 0 N–H and O–H groups in total. The quantitative estimate of drug-likeness (QED) is 0.499. The fourth-order valence-corrected chi connectivity index (χ4v) is 0.349. The van der Waals surface area contributed by atoms with Gasteiger partial charge in [-0.1, -0.05) is 34.7 Å². The van der Waals surface area contributed by atoms with E-state index in [-0.39, 0.29) is 0 Å². The van der Waals surface area contributed by atoms with Gasteiger partial charge in [-0.3, -0.25) is 0 Å². The van der Waals surface area contributed by atoms with Gasteiger partial charge in [0, 0.05) is 0 Å². The second-order valence-electron chi connectivity index (χ2n) is 0.989. The minimum Gasteiger partial charge on any atom is -0.0990 e. The van der Waals surface area contributed by atoms with E-state index in [9.17, 15) is 0 Å². The summed E-state index contributed by atoms with van der Waals surface area (Å²) in [6.07, 6.45) is 3.63. The Morgan fingerprint density at radius 2 is 2.33 bits per heavy atom. The van der Waals surface area contributed by atoms with Gasteiger partial charge in [0.25, 0.3) is 0 Å². The lowest BCUT2D eigenvalue weighted by molar-refractivity contribution is 1.70. The van der Waals surface area contributed by atoms with Crippen LogP contribution in [0.5, 0.6) is 0 Å². The Morgan fingerprint density at radius 1 is 1.83 bits per heavy atom. The van der Waals surface area contributed by atoms with Crippen LogP contribution in [0.15, 0.2) is 23.2 Å². The summed E-state index contributed by atoms with van der Waals surface area (Å²) in [5, 5.41) is 0. The van der Waals surface area contributed by atoms with Crippen molar-refractivity contribution < 1.29 is 0 Å². The number of allylic oxidation sites excluding steroid dienone is 3. The molecule has 1 heteroatoms. The second-order valence-corrected chi connectivity index (χ2v) is 2.24. The van der Waals surface area contributed by atoms with E-state index in [4.69, 9.17) is 0 Å². The zero-order valence-corrected chi connectivity index (χ0v) is 5.33. The number of rotatable bonds is 1. The maximum absolute atomic E-state index is 3.49. The SMILES string of the molecule is C=C/C=C(/C)Br. The van der Waals surface area contributed by atoms with Crippen molar-refractivity contribution in [2.24, 2.45) is 0 Å². The van der Waals surface area contributed by atoms with Crippen LogP contribution in [0, 0.1) is 0 Å². The topological polar surface area (TPSA) is 0 Å². The van der Waals surface area contributed by atoms with Crippen molar-refractivity contribution in [2.75, 3.05) is 0 Å². The number of hydrogen-bond acceptors (Lipinski definition) is 0. The lowest BCUT2D eigenvalue weighted by Crippen LogP contribution is -1.47. The van der Waals surface area contributed by atoms with E-state index in [1.165, 1.54) is 0 Å². The molecule has 0 saturated heterocycles. The van der Waals surface area contributed by atoms with Crippen molar-refractivity contribution >= 4 is 15.9 Å². The summed E-state index contributed by atoms with van der Waals surface area (Å²) in [7, 11) is 0. The van der Waals surface area contributed by atoms with Crippen molar-refractivity contribution in [3.05, 3.63) is 23.2 Å². The van der Waals surface area contributed by atoms with Gasteiger partial charge in [-0.15, -0.1) is 0 Å². The van der Waals surface area contributed by atoms with E-state index >= 15 is 0 Å². The third-order valence-electron chi connectivity index (χ3n) is 0.348. The van der Waals surface area contributed by atoms with E-state index in [1.54, 1.807) is 6.08 Å². The average molecular weight is 147 g/mol. The van der Waals surface area contributed by atoms with Crippen LogP contribution in [-0.2, 0) is 0 Å². The zero-order chi connectivity index (χ0) is 4.99. The molecule has 0 spiro atoms. The Labute approximate surface area is 46.7 Å². The van der Waals surface area contributed by atoms with Gasteiger partial charge in [-0.05, 0) is 11.4 Å². The molecule has 0 nitrogen and oxygen atoms in total. The minimum atomic E-state index is 1.11. The predicted octanol–water partition coefficient (Wildman–Crippen LogP) is 2.47. The first-order valence-electron chi connectivity index (χ1n) is 1.72. The highest BCUT2D eigenvalue weighted by Gasteiger charge is 1.66. The lowest BCUT2D eigenvalue weighted by atomic mass is 10.5. The minimum absolute atomic E-state index is 1.11. The summed E-state index contributed by atoms with van der Waals surface area (Å²) in [6, 6.07) is 0. The Balaban J connectivity index is 3.41. The Bertz CT molecular complexity index is 68.0. The van der Waals surface area contributed by atoms with Gasteiger partial charge < -0.3 is 0 Å². The molecule has 0 unspecified atom stereocenters. The van der Waals surface area contributed by atoms with Crippen LogP contribution in [0.4, 0.5) is 0 Å². The van der Waals surface area contributed by atoms with Gasteiger partial charge in [0.15, 0.2) is 0 Å². The highest BCUT2D eigenvalue weighted by atomic mass is 79.9. The van der Waals surface area contributed by atoms with E-state index in [1.807, 2.05) is 13.0 Å². The maximum atomic E-state index is 3.49. The molecule has 0 bridgehead atoms. The van der Waals surface area contributed by atoms with Gasteiger partial charge in [-0.2, -0.15) is 0 Å². The molecule has 0 aromatic heterocycles. The molecule has 0 amide bonds. The first-order chi connectivity index (χ1) is 2.77.